The van der Waals surface area contributed by atoms with Crippen LogP contribution in [-0.4, -0.2) is 28.8 Å². The maximum Gasteiger partial charge on any atom is 0.289 e. The second kappa shape index (κ2) is 5.82. The molecule has 5 nitrogen and oxygen atoms in total. The van der Waals surface area contributed by atoms with E-state index in [0.29, 0.717) is 5.92 Å². The lowest BCUT2D eigenvalue weighted by atomic mass is 9.85. The maximum atomic E-state index is 11.5. The SMILES string of the molecule is O=C(NCC(O)C1CCCCC1)c1ccno1. The van der Waals surface area contributed by atoms with E-state index < -0.39 is 6.10 Å². The highest BCUT2D eigenvalue weighted by atomic mass is 16.5. The van der Waals surface area contributed by atoms with Gasteiger partial charge >= 0.3 is 0 Å². The van der Waals surface area contributed by atoms with E-state index in [4.69, 9.17) is 4.52 Å². The number of nitrogens with zero attached hydrogens (tertiary/aromatic N) is 1. The van der Waals surface area contributed by atoms with E-state index in [1.54, 1.807) is 0 Å². The first-order valence-electron chi connectivity index (χ1n) is 6.14. The van der Waals surface area contributed by atoms with Crippen molar-refractivity contribution in [3.63, 3.8) is 0 Å². The molecule has 17 heavy (non-hydrogen) atoms. The normalized spacial score (nSPS) is 18.9. The zero-order valence-electron chi connectivity index (χ0n) is 9.76. The first kappa shape index (κ1) is 12.1. The molecule has 1 aromatic rings. The van der Waals surface area contributed by atoms with Gasteiger partial charge in [-0.2, -0.15) is 0 Å². The fourth-order valence-electron chi connectivity index (χ4n) is 2.30. The summed E-state index contributed by atoms with van der Waals surface area (Å²) < 4.78 is 4.73. The summed E-state index contributed by atoms with van der Waals surface area (Å²) in [6.45, 7) is 0.282. The van der Waals surface area contributed by atoms with E-state index in [9.17, 15) is 9.90 Å². The number of carbonyl (C=O) groups is 1. The summed E-state index contributed by atoms with van der Waals surface area (Å²) in [6.07, 6.45) is 6.69. The molecule has 1 heterocycles. The molecule has 0 spiro atoms. The van der Waals surface area contributed by atoms with Crippen LogP contribution < -0.4 is 5.32 Å². The number of aliphatic hydroxyl groups excluding tert-OH is 1. The topological polar surface area (TPSA) is 75.4 Å². The van der Waals surface area contributed by atoms with Crippen LogP contribution in [0.15, 0.2) is 16.8 Å². The number of hydrogen-bond donors (Lipinski definition) is 2. The van der Waals surface area contributed by atoms with Gasteiger partial charge < -0.3 is 14.9 Å². The Bertz CT molecular complexity index is 345. The van der Waals surface area contributed by atoms with Crippen molar-refractivity contribution < 1.29 is 14.4 Å². The van der Waals surface area contributed by atoms with Crippen molar-refractivity contribution in [3.8, 4) is 0 Å². The summed E-state index contributed by atoms with van der Waals surface area (Å²) in [5, 5.41) is 16.1. The predicted molar refractivity (Wildman–Crippen MR) is 61.4 cm³/mol. The van der Waals surface area contributed by atoms with Crippen LogP contribution in [0.2, 0.25) is 0 Å². The first-order chi connectivity index (χ1) is 8.27. The molecule has 94 valence electrons. The number of aliphatic hydroxyl groups is 1. The summed E-state index contributed by atoms with van der Waals surface area (Å²) in [4.78, 5) is 11.5. The second-order valence-corrected chi connectivity index (χ2v) is 4.55. The Morgan fingerprint density at radius 3 is 2.94 bits per heavy atom. The van der Waals surface area contributed by atoms with Crippen molar-refractivity contribution in [3.05, 3.63) is 18.0 Å². The van der Waals surface area contributed by atoms with Gasteiger partial charge in [-0.05, 0) is 18.8 Å². The van der Waals surface area contributed by atoms with Gasteiger partial charge in [-0.15, -0.1) is 0 Å². The third kappa shape index (κ3) is 3.30. The molecule has 0 aliphatic heterocycles. The van der Waals surface area contributed by atoms with Crippen molar-refractivity contribution in [2.24, 2.45) is 5.92 Å². The molecule has 1 unspecified atom stereocenters. The minimum absolute atomic E-state index is 0.181. The number of rotatable bonds is 4. The van der Waals surface area contributed by atoms with Gasteiger partial charge in [-0.1, -0.05) is 24.4 Å². The van der Waals surface area contributed by atoms with Gasteiger partial charge in [0.05, 0.1) is 12.3 Å². The lowest BCUT2D eigenvalue weighted by Gasteiger charge is -2.26. The molecule has 1 amide bonds. The molecule has 2 N–H and O–H groups in total. The third-order valence-corrected chi connectivity index (χ3v) is 3.33. The highest BCUT2D eigenvalue weighted by Gasteiger charge is 2.22. The molecule has 1 saturated carbocycles. The number of hydrogen-bond acceptors (Lipinski definition) is 4. The fraction of sp³-hybridized carbons (Fsp3) is 0.667. The molecule has 0 radical (unpaired) electrons. The standard InChI is InChI=1S/C12H18N2O3/c15-10(9-4-2-1-3-5-9)8-13-12(16)11-6-7-14-17-11/h6-7,9-10,15H,1-5,8H2,(H,13,16). The van der Waals surface area contributed by atoms with Gasteiger partial charge in [0.25, 0.3) is 5.91 Å². The summed E-state index contributed by atoms with van der Waals surface area (Å²) in [7, 11) is 0. The molecule has 0 bridgehead atoms. The fourth-order valence-corrected chi connectivity index (χ4v) is 2.30. The maximum absolute atomic E-state index is 11.5. The van der Waals surface area contributed by atoms with Gasteiger partial charge in [-0.25, -0.2) is 0 Å². The molecule has 1 atom stereocenters. The van der Waals surface area contributed by atoms with Crippen LogP contribution >= 0.6 is 0 Å². The van der Waals surface area contributed by atoms with Crippen LogP contribution in [0, 0.1) is 5.92 Å². The Balaban J connectivity index is 1.75. The Morgan fingerprint density at radius 1 is 1.53 bits per heavy atom. The summed E-state index contributed by atoms with van der Waals surface area (Å²) in [5.74, 6) is 0.178. The Labute approximate surface area is 100 Å². The largest absolute Gasteiger partial charge is 0.391 e. The van der Waals surface area contributed by atoms with Gasteiger partial charge in [0.15, 0.2) is 0 Å². The lowest BCUT2D eigenvalue weighted by molar-refractivity contribution is 0.0720. The number of carbonyl (C=O) groups excluding carboxylic acids is 1. The lowest BCUT2D eigenvalue weighted by Crippen LogP contribution is -2.36. The molecule has 5 heteroatoms. The van der Waals surface area contributed by atoms with E-state index in [1.165, 1.54) is 31.5 Å². The van der Waals surface area contributed by atoms with Crippen molar-refractivity contribution in [2.75, 3.05) is 6.54 Å². The van der Waals surface area contributed by atoms with Crippen LogP contribution in [0.5, 0.6) is 0 Å². The Hall–Kier alpha value is -1.36. The van der Waals surface area contributed by atoms with Crippen molar-refractivity contribution in [1.82, 2.24) is 10.5 Å². The molecule has 0 aromatic carbocycles. The second-order valence-electron chi connectivity index (χ2n) is 4.55. The van der Waals surface area contributed by atoms with Crippen LogP contribution in [0.1, 0.15) is 42.7 Å². The average Bonchev–Trinajstić information content (AvgIpc) is 2.90. The minimum atomic E-state index is -0.456. The molecular formula is C12H18N2O3. The first-order valence-corrected chi connectivity index (χ1v) is 6.14. The summed E-state index contributed by atoms with van der Waals surface area (Å²) in [6, 6.07) is 1.50. The molecule has 1 aromatic heterocycles. The average molecular weight is 238 g/mol. The van der Waals surface area contributed by atoms with E-state index in [1.807, 2.05) is 0 Å². The molecule has 1 aliphatic carbocycles. The van der Waals surface area contributed by atoms with E-state index in [0.717, 1.165) is 12.8 Å². The number of aromatic nitrogens is 1. The zero-order chi connectivity index (χ0) is 12.1. The molecule has 0 saturated heterocycles. The van der Waals surface area contributed by atoms with Crippen molar-refractivity contribution in [2.45, 2.75) is 38.2 Å². The third-order valence-electron chi connectivity index (χ3n) is 3.33. The number of nitrogens with one attached hydrogen (secondary N) is 1. The Morgan fingerprint density at radius 2 is 2.29 bits per heavy atom. The highest BCUT2D eigenvalue weighted by molar-refractivity contribution is 5.91. The van der Waals surface area contributed by atoms with Crippen LogP contribution in [0.4, 0.5) is 0 Å². The molecule has 1 aliphatic rings. The molecule has 2 rings (SSSR count). The predicted octanol–water partition coefficient (Wildman–Crippen LogP) is 1.35. The van der Waals surface area contributed by atoms with E-state index >= 15 is 0 Å². The van der Waals surface area contributed by atoms with Gasteiger partial charge in [-0.3, -0.25) is 4.79 Å². The highest BCUT2D eigenvalue weighted by Crippen LogP contribution is 2.26. The van der Waals surface area contributed by atoms with Gasteiger partial charge in [0.2, 0.25) is 5.76 Å². The van der Waals surface area contributed by atoms with Crippen LogP contribution in [0.25, 0.3) is 0 Å². The monoisotopic (exact) mass is 238 g/mol. The van der Waals surface area contributed by atoms with Crippen molar-refractivity contribution >= 4 is 5.91 Å². The van der Waals surface area contributed by atoms with Gasteiger partial charge in [0, 0.05) is 12.6 Å². The zero-order valence-corrected chi connectivity index (χ0v) is 9.76. The van der Waals surface area contributed by atoms with E-state index in [2.05, 4.69) is 10.5 Å². The van der Waals surface area contributed by atoms with Crippen LogP contribution in [0.3, 0.4) is 0 Å². The quantitative estimate of drug-likeness (QED) is 0.830. The summed E-state index contributed by atoms with van der Waals surface area (Å²) in [5.41, 5.74) is 0. The van der Waals surface area contributed by atoms with Crippen LogP contribution in [-0.2, 0) is 0 Å². The van der Waals surface area contributed by atoms with E-state index in [-0.39, 0.29) is 18.2 Å². The molecule has 1 fully saturated rings. The Kier molecular flexibility index (Phi) is 4.14. The van der Waals surface area contributed by atoms with Crippen molar-refractivity contribution in [1.29, 1.82) is 0 Å². The summed E-state index contributed by atoms with van der Waals surface area (Å²) >= 11 is 0. The van der Waals surface area contributed by atoms with Gasteiger partial charge in [0.1, 0.15) is 0 Å². The molecular weight excluding hydrogens is 220 g/mol. The number of amides is 1. The minimum Gasteiger partial charge on any atom is -0.391 e. The smallest absolute Gasteiger partial charge is 0.289 e.